The van der Waals surface area contributed by atoms with Crippen LogP contribution >= 0.6 is 15.9 Å². The molecule has 1 N–H and O–H groups in total. The molecule has 0 saturated heterocycles. The molecule has 0 aliphatic carbocycles. The van der Waals surface area contributed by atoms with E-state index in [0.717, 1.165) is 35.6 Å². The number of hydrogen-bond donors (Lipinski definition) is 1. The Morgan fingerprint density at radius 3 is 2.93 bits per heavy atom. The van der Waals surface area contributed by atoms with Crippen LogP contribution in [0.25, 0.3) is 0 Å². The average molecular weight is 268 g/mol. The van der Waals surface area contributed by atoms with Crippen LogP contribution in [0.2, 0.25) is 0 Å². The maximum Gasteiger partial charge on any atom is 0.131 e. The molecule has 0 saturated carbocycles. The second-order valence-electron chi connectivity index (χ2n) is 2.95. The third kappa shape index (κ3) is 4.30. The summed E-state index contributed by atoms with van der Waals surface area (Å²) in [4.78, 5) is 8.58. The van der Waals surface area contributed by atoms with Crippen LogP contribution in [-0.4, -0.2) is 16.5 Å². The maximum absolute atomic E-state index is 4.35. The summed E-state index contributed by atoms with van der Waals surface area (Å²) >= 11 is 3.36. The molecule has 0 radical (unpaired) electrons. The summed E-state index contributed by atoms with van der Waals surface area (Å²) in [7, 11) is 0. The van der Waals surface area contributed by atoms with Crippen molar-refractivity contribution in [1.29, 1.82) is 0 Å². The Bertz CT molecular complexity index is 379. The number of rotatable bonds is 4. The average Bonchev–Trinajstić information content (AvgIpc) is 2.23. The largest absolute Gasteiger partial charge is 0.369 e. The van der Waals surface area contributed by atoms with E-state index in [0.29, 0.717) is 0 Å². The Hall–Kier alpha value is -1.08. The van der Waals surface area contributed by atoms with Gasteiger partial charge in [-0.15, -0.1) is 11.8 Å². The van der Waals surface area contributed by atoms with Gasteiger partial charge in [-0.1, -0.05) is 6.92 Å². The first-order chi connectivity index (χ1) is 7.26. The van der Waals surface area contributed by atoms with Gasteiger partial charge in [0.1, 0.15) is 16.2 Å². The van der Waals surface area contributed by atoms with Crippen molar-refractivity contribution in [3.63, 3.8) is 0 Å². The Labute approximate surface area is 98.8 Å². The van der Waals surface area contributed by atoms with E-state index in [9.17, 15) is 0 Å². The zero-order valence-electron chi connectivity index (χ0n) is 8.97. The topological polar surface area (TPSA) is 37.8 Å². The zero-order valence-corrected chi connectivity index (χ0v) is 10.6. The van der Waals surface area contributed by atoms with E-state index in [4.69, 9.17) is 0 Å². The van der Waals surface area contributed by atoms with Gasteiger partial charge in [-0.2, -0.15) is 0 Å². The van der Waals surface area contributed by atoms with Gasteiger partial charge >= 0.3 is 0 Å². The van der Waals surface area contributed by atoms with Crippen molar-refractivity contribution in [2.45, 2.75) is 26.7 Å². The summed E-state index contributed by atoms with van der Waals surface area (Å²) < 4.78 is 0.818. The molecule has 15 heavy (non-hydrogen) atoms. The first kappa shape index (κ1) is 12.0. The maximum atomic E-state index is 4.35. The van der Waals surface area contributed by atoms with E-state index in [2.05, 4.69) is 43.1 Å². The van der Waals surface area contributed by atoms with Crippen molar-refractivity contribution < 1.29 is 0 Å². The molecule has 0 aliphatic rings. The van der Waals surface area contributed by atoms with Gasteiger partial charge in [0.05, 0.1) is 0 Å². The lowest BCUT2D eigenvalue weighted by molar-refractivity contribution is 0.920. The summed E-state index contributed by atoms with van der Waals surface area (Å²) in [5.74, 6) is 7.54. The lowest BCUT2D eigenvalue weighted by Gasteiger charge is -2.05. The summed E-state index contributed by atoms with van der Waals surface area (Å²) in [6, 6.07) is 1.87. The van der Waals surface area contributed by atoms with Gasteiger partial charge in [0.25, 0.3) is 0 Å². The molecule has 0 fully saturated rings. The van der Waals surface area contributed by atoms with Gasteiger partial charge in [-0.3, -0.25) is 0 Å². The molecular weight excluding hydrogens is 254 g/mol. The van der Waals surface area contributed by atoms with Crippen molar-refractivity contribution in [2.24, 2.45) is 0 Å². The molecule has 0 amide bonds. The molecule has 0 aromatic carbocycles. The second kappa shape index (κ2) is 6.41. The van der Waals surface area contributed by atoms with Crippen LogP contribution < -0.4 is 5.32 Å². The fourth-order valence-electron chi connectivity index (χ4n) is 1.09. The van der Waals surface area contributed by atoms with Gasteiger partial charge in [-0.05, 0) is 22.9 Å². The van der Waals surface area contributed by atoms with E-state index < -0.39 is 0 Å². The van der Waals surface area contributed by atoms with Crippen LogP contribution in [0.15, 0.2) is 10.7 Å². The fourth-order valence-corrected chi connectivity index (χ4v) is 1.51. The molecule has 3 nitrogen and oxygen atoms in total. The molecule has 1 rings (SSSR count). The molecule has 80 valence electrons. The van der Waals surface area contributed by atoms with Crippen LogP contribution in [-0.2, 0) is 6.42 Å². The Kier molecular flexibility index (Phi) is 5.13. The first-order valence-electron chi connectivity index (χ1n) is 4.93. The smallest absolute Gasteiger partial charge is 0.131 e. The van der Waals surface area contributed by atoms with Gasteiger partial charge in [0.15, 0.2) is 0 Å². The quantitative estimate of drug-likeness (QED) is 0.518. The molecule has 0 aliphatic heterocycles. The highest BCUT2D eigenvalue weighted by molar-refractivity contribution is 9.10. The van der Waals surface area contributed by atoms with Crippen molar-refractivity contribution in [2.75, 3.05) is 11.9 Å². The predicted octanol–water partition coefficient (Wildman–Crippen LogP) is 2.63. The number of nitrogens with zero attached hydrogens (tertiary/aromatic N) is 2. The van der Waals surface area contributed by atoms with Crippen molar-refractivity contribution in [1.82, 2.24) is 9.97 Å². The monoisotopic (exact) mass is 267 g/mol. The normalized spacial score (nSPS) is 9.27. The van der Waals surface area contributed by atoms with E-state index in [1.807, 2.05) is 19.9 Å². The van der Waals surface area contributed by atoms with Gasteiger partial charge in [0.2, 0.25) is 0 Å². The highest BCUT2D eigenvalue weighted by Crippen LogP contribution is 2.12. The van der Waals surface area contributed by atoms with E-state index in [-0.39, 0.29) is 0 Å². The van der Waals surface area contributed by atoms with Crippen molar-refractivity contribution in [3.05, 3.63) is 16.5 Å². The van der Waals surface area contributed by atoms with Crippen molar-refractivity contribution in [3.8, 4) is 11.8 Å². The Balaban J connectivity index is 2.59. The number of anilines is 1. The number of hydrogen-bond acceptors (Lipinski definition) is 3. The SMILES string of the molecule is CC#CCCNc1cc(Br)nc(CC)n1. The molecule has 0 spiro atoms. The number of aryl methyl sites for hydroxylation is 1. The third-order valence-electron chi connectivity index (χ3n) is 1.79. The number of aromatic nitrogens is 2. The van der Waals surface area contributed by atoms with E-state index in [1.165, 1.54) is 0 Å². The highest BCUT2D eigenvalue weighted by atomic mass is 79.9. The summed E-state index contributed by atoms with van der Waals surface area (Å²) in [5, 5.41) is 3.21. The number of nitrogens with one attached hydrogen (secondary N) is 1. The minimum atomic E-state index is 0.813. The molecule has 1 heterocycles. The zero-order chi connectivity index (χ0) is 11.1. The molecule has 1 aromatic heterocycles. The molecule has 0 unspecified atom stereocenters. The Morgan fingerprint density at radius 2 is 2.27 bits per heavy atom. The fraction of sp³-hybridized carbons (Fsp3) is 0.455. The van der Waals surface area contributed by atoms with Gasteiger partial charge in [0, 0.05) is 25.5 Å². The van der Waals surface area contributed by atoms with Gasteiger partial charge < -0.3 is 5.32 Å². The third-order valence-corrected chi connectivity index (χ3v) is 2.20. The summed E-state index contributed by atoms with van der Waals surface area (Å²) in [6.07, 6.45) is 1.67. The van der Waals surface area contributed by atoms with Crippen LogP contribution in [0.1, 0.15) is 26.1 Å². The lowest BCUT2D eigenvalue weighted by atomic mass is 10.4. The minimum Gasteiger partial charge on any atom is -0.369 e. The van der Waals surface area contributed by atoms with Crippen molar-refractivity contribution >= 4 is 21.7 Å². The molecule has 1 aromatic rings. The van der Waals surface area contributed by atoms with Crippen LogP contribution in [0.5, 0.6) is 0 Å². The van der Waals surface area contributed by atoms with E-state index >= 15 is 0 Å². The Morgan fingerprint density at radius 1 is 1.47 bits per heavy atom. The van der Waals surface area contributed by atoms with Crippen LogP contribution in [0, 0.1) is 11.8 Å². The molecule has 0 atom stereocenters. The lowest BCUT2D eigenvalue weighted by Crippen LogP contribution is -2.05. The van der Waals surface area contributed by atoms with Crippen LogP contribution in [0.3, 0.4) is 0 Å². The first-order valence-corrected chi connectivity index (χ1v) is 5.72. The summed E-state index contributed by atoms with van der Waals surface area (Å²) in [6.45, 7) is 4.69. The predicted molar refractivity (Wildman–Crippen MR) is 65.7 cm³/mol. The minimum absolute atomic E-state index is 0.813. The van der Waals surface area contributed by atoms with Gasteiger partial charge in [-0.25, -0.2) is 9.97 Å². The van der Waals surface area contributed by atoms with Crippen LogP contribution in [0.4, 0.5) is 5.82 Å². The number of halogens is 1. The molecule has 0 bridgehead atoms. The standard InChI is InChI=1S/C11H14BrN3/c1-3-5-6-7-13-11-8-9(12)14-10(4-2)15-11/h8H,4,6-7H2,1-2H3,(H,13,14,15). The molecular formula is C11H14BrN3. The second-order valence-corrected chi connectivity index (χ2v) is 3.76. The van der Waals surface area contributed by atoms with E-state index in [1.54, 1.807) is 0 Å². The molecule has 4 heteroatoms. The highest BCUT2D eigenvalue weighted by Gasteiger charge is 2.00. The summed E-state index contributed by atoms with van der Waals surface area (Å²) in [5.41, 5.74) is 0.